The van der Waals surface area contributed by atoms with Crippen molar-refractivity contribution in [1.29, 1.82) is 21.0 Å². The van der Waals surface area contributed by atoms with Crippen molar-refractivity contribution in [2.24, 2.45) is 4.30 Å². The van der Waals surface area contributed by atoms with Crippen LogP contribution in [0.2, 0.25) is 0 Å². The summed E-state index contributed by atoms with van der Waals surface area (Å²) in [5.41, 5.74) is 5.89. The molecule has 0 bridgehead atoms. The maximum atomic E-state index is 8.34. The molecule has 0 saturated carbocycles. The van der Waals surface area contributed by atoms with Gasteiger partial charge in [-0.3, -0.25) is 0 Å². The number of thiol groups is 1. The summed E-state index contributed by atoms with van der Waals surface area (Å²) in [6, 6.07) is 46.9. The van der Waals surface area contributed by atoms with Crippen molar-refractivity contribution in [2.45, 2.75) is 31.5 Å². The monoisotopic (exact) mass is 1320 g/mol. The van der Waals surface area contributed by atoms with Crippen molar-refractivity contribution in [1.82, 2.24) is 0 Å². The minimum absolute atomic E-state index is 0. The third kappa shape index (κ3) is 34.7. The van der Waals surface area contributed by atoms with E-state index in [4.69, 9.17) is 27.6 Å². The molecule has 0 aliphatic carbocycles. The van der Waals surface area contributed by atoms with Crippen molar-refractivity contribution in [3.05, 3.63) is 174 Å². The van der Waals surface area contributed by atoms with Gasteiger partial charge in [-0.1, -0.05) is 98.1 Å². The number of aryl methyl sites for hydroxylation is 1. The summed E-state index contributed by atoms with van der Waals surface area (Å²) >= 11 is 19.0. The molecule has 0 unspecified atom stereocenters. The molecule has 53 heavy (non-hydrogen) atoms. The Morgan fingerprint density at radius 1 is 0.566 bits per heavy atom. The van der Waals surface area contributed by atoms with E-state index in [-0.39, 0.29) is 51.4 Å². The molecule has 0 aromatic heterocycles. The molecule has 5 nitrogen and oxygen atoms in total. The number of halogens is 6. The normalized spacial score (nSPS) is 8.26. The van der Waals surface area contributed by atoms with Gasteiger partial charge in [0.25, 0.3) is 0 Å². The van der Waals surface area contributed by atoms with E-state index in [2.05, 4.69) is 221 Å². The average Bonchev–Trinajstić information content (AvgIpc) is 3.15. The SMILES string of the molecule is BrCc1ccc(I)cc1.Cc1ccc(I)cc1.N#CCc1ccc(Br)cc1.N#CCc1ccc(I)cc1.N#CCc1ccc(I)cc1.[B]=NS.[C-]#N.[K+]. The summed E-state index contributed by atoms with van der Waals surface area (Å²) in [6.45, 7) is 6.84. The predicted molar refractivity (Wildman–Crippen MR) is 258 cm³/mol. The van der Waals surface area contributed by atoms with Crippen LogP contribution in [0.15, 0.2) is 130 Å². The van der Waals surface area contributed by atoms with Crippen molar-refractivity contribution in [3.63, 3.8) is 0 Å². The van der Waals surface area contributed by atoms with Gasteiger partial charge in [-0.15, -0.1) is 0 Å². The van der Waals surface area contributed by atoms with Gasteiger partial charge in [0, 0.05) is 24.1 Å². The van der Waals surface area contributed by atoms with E-state index in [1.807, 2.05) is 72.8 Å². The van der Waals surface area contributed by atoms with Crippen LogP contribution >= 0.6 is 135 Å². The number of hydrogen-bond acceptors (Lipinski definition) is 6. The molecule has 0 fully saturated rings. The molecule has 0 saturated heterocycles. The minimum atomic E-state index is 0. The van der Waals surface area contributed by atoms with Gasteiger partial charge in [-0.05, 0) is 180 Å². The molecule has 0 amide bonds. The zero-order chi connectivity index (χ0) is 39.6. The topological polar surface area (TPSA) is 108 Å². The fourth-order valence-electron chi connectivity index (χ4n) is 3.19. The maximum Gasteiger partial charge on any atom is 1.00 e. The Hall–Kier alpha value is -0.209. The van der Waals surface area contributed by atoms with Gasteiger partial charge in [-0.2, -0.15) is 15.8 Å². The summed E-state index contributed by atoms with van der Waals surface area (Å²) in [5, 5.41) is 32.2. The minimum Gasteiger partial charge on any atom is -0.512 e. The quantitative estimate of drug-likeness (QED) is 0.0636. The second kappa shape index (κ2) is 40.0. The van der Waals surface area contributed by atoms with Crippen molar-refractivity contribution >= 4 is 143 Å². The number of alkyl halides is 1. The van der Waals surface area contributed by atoms with Crippen LogP contribution in [0.4, 0.5) is 0 Å². The van der Waals surface area contributed by atoms with Gasteiger partial charge >= 0.3 is 76.1 Å². The summed E-state index contributed by atoms with van der Waals surface area (Å²) in [5.74, 6) is 0. The van der Waals surface area contributed by atoms with E-state index in [1.165, 1.54) is 25.4 Å². The average molecular weight is 1320 g/mol. The second-order valence-corrected chi connectivity index (χ2v) is 16.2. The Balaban J connectivity index is -0.000000570. The number of benzene rings is 5. The maximum absolute atomic E-state index is 8.34. The van der Waals surface area contributed by atoms with Gasteiger partial charge in [0.1, 0.15) is 0 Å². The fraction of sp³-hybridized carbons (Fsp3) is 0.128. The van der Waals surface area contributed by atoms with E-state index in [0.717, 1.165) is 26.5 Å². The first-order valence-electron chi connectivity index (χ1n) is 14.6. The Labute approximate surface area is 436 Å². The van der Waals surface area contributed by atoms with Gasteiger partial charge < -0.3 is 11.8 Å². The van der Waals surface area contributed by atoms with Crippen molar-refractivity contribution in [3.8, 4) is 18.2 Å². The van der Waals surface area contributed by atoms with Crippen LogP contribution in [-0.2, 0) is 24.6 Å². The fourth-order valence-corrected chi connectivity index (χ4v) is 5.26. The van der Waals surface area contributed by atoms with E-state index < -0.39 is 0 Å². The third-order valence-electron chi connectivity index (χ3n) is 5.67. The molecular formula is C39H32BBr2I4KN5S. The molecule has 265 valence electrons. The molecule has 0 aliphatic heterocycles. The van der Waals surface area contributed by atoms with Crippen LogP contribution in [0.3, 0.4) is 0 Å². The van der Waals surface area contributed by atoms with E-state index in [9.17, 15) is 0 Å². The van der Waals surface area contributed by atoms with E-state index in [0.29, 0.717) is 19.3 Å². The zero-order valence-electron chi connectivity index (χ0n) is 28.9. The smallest absolute Gasteiger partial charge is 0.512 e. The molecule has 0 atom stereocenters. The van der Waals surface area contributed by atoms with Crippen LogP contribution in [-0.4, -0.2) is 7.64 Å². The predicted octanol–water partition coefficient (Wildman–Crippen LogP) is 10.3. The Bertz CT molecular complexity index is 1660. The molecule has 0 spiro atoms. The summed E-state index contributed by atoms with van der Waals surface area (Å²) < 4.78 is 8.75. The number of nitriles is 3. The van der Waals surface area contributed by atoms with Crippen LogP contribution in [0, 0.1) is 67.0 Å². The first-order valence-corrected chi connectivity index (χ1v) is 21.3. The molecule has 14 heteroatoms. The molecular weight excluding hydrogens is 1290 g/mol. The summed E-state index contributed by atoms with van der Waals surface area (Å²) in [4.78, 5) is 0. The molecule has 1 radical (unpaired) electrons. The molecule has 5 aromatic rings. The Morgan fingerprint density at radius 3 is 1.02 bits per heavy atom. The first-order chi connectivity index (χ1) is 25.0. The van der Waals surface area contributed by atoms with Crippen LogP contribution in [0.1, 0.15) is 27.8 Å². The van der Waals surface area contributed by atoms with Gasteiger partial charge in [0.05, 0.1) is 37.5 Å². The largest absolute Gasteiger partial charge is 1.00 e. The van der Waals surface area contributed by atoms with Crippen molar-refractivity contribution in [2.75, 3.05) is 0 Å². The number of nitrogens with zero attached hydrogens (tertiary/aromatic N) is 5. The van der Waals surface area contributed by atoms with Crippen LogP contribution in [0.25, 0.3) is 0 Å². The Kier molecular flexibility index (Phi) is 43.1. The standard InChI is InChI=1S/C8H6BrN.2C8H6IN.C7H6BrI.C7H7I.CN.BHNS.K/c3*9-8-3-1-7(2-4-8)5-6-10;8-5-6-1-3-7(9)4-2-6;1-6-2-4-7(8)5-3-6;1-2;1-2-3;/h3*1-4H,5H2;1-4H,5H2;2-5H,1H3;;3H;/q;;;;;-1;;+1. The molecule has 0 heterocycles. The number of hydrogen-bond donors (Lipinski definition) is 1. The molecule has 5 aromatic carbocycles. The summed E-state index contributed by atoms with van der Waals surface area (Å²) in [7, 11) is 4.34. The van der Waals surface area contributed by atoms with Crippen LogP contribution in [0.5, 0.6) is 0 Å². The van der Waals surface area contributed by atoms with E-state index in [1.54, 1.807) is 0 Å². The number of rotatable bonds is 4. The zero-order valence-corrected chi connectivity index (χ0v) is 44.7. The van der Waals surface area contributed by atoms with Gasteiger partial charge in [-0.25, -0.2) is 0 Å². The first kappa shape index (κ1) is 57.1. The summed E-state index contributed by atoms with van der Waals surface area (Å²) in [6.07, 6.45) is 1.51. The van der Waals surface area contributed by atoms with Crippen LogP contribution < -0.4 is 51.4 Å². The molecule has 5 rings (SSSR count). The van der Waals surface area contributed by atoms with Gasteiger partial charge in [0.2, 0.25) is 0 Å². The molecule has 0 aliphatic rings. The van der Waals surface area contributed by atoms with E-state index >= 15 is 0 Å². The Morgan fingerprint density at radius 2 is 0.792 bits per heavy atom. The van der Waals surface area contributed by atoms with Gasteiger partial charge in [0.15, 0.2) is 0 Å². The molecule has 0 N–H and O–H groups in total. The van der Waals surface area contributed by atoms with Crippen molar-refractivity contribution < 1.29 is 51.4 Å². The third-order valence-corrected chi connectivity index (χ3v) is 9.72. The second-order valence-electron chi connectivity index (χ2n) is 9.56.